The highest BCUT2D eigenvalue weighted by Crippen LogP contribution is 2.26. The summed E-state index contributed by atoms with van der Waals surface area (Å²) in [5.74, 6) is 7.64. The van der Waals surface area contributed by atoms with Gasteiger partial charge in [-0.3, -0.25) is 0 Å². The summed E-state index contributed by atoms with van der Waals surface area (Å²) in [5, 5.41) is 9.31. The lowest BCUT2D eigenvalue weighted by atomic mass is 9.95. The molecule has 0 aliphatic carbocycles. The Kier molecular flexibility index (Phi) is 4.65. The molecule has 1 aromatic heterocycles. The van der Waals surface area contributed by atoms with E-state index in [0.29, 0.717) is 19.0 Å². The summed E-state index contributed by atoms with van der Waals surface area (Å²) in [6, 6.07) is 2.01. The van der Waals surface area contributed by atoms with E-state index >= 15 is 0 Å². The zero-order chi connectivity index (χ0) is 15.6. The number of aliphatic hydroxyl groups excluding tert-OH is 1. The Labute approximate surface area is 125 Å². The first kappa shape index (κ1) is 15.9. The molecule has 0 amide bonds. The number of nitrogen functional groups attached to an aromatic ring is 1. The summed E-state index contributed by atoms with van der Waals surface area (Å²) >= 11 is 0. The lowest BCUT2D eigenvalue weighted by molar-refractivity contribution is -0.0106. The predicted molar refractivity (Wildman–Crippen MR) is 82.2 cm³/mol. The van der Waals surface area contributed by atoms with Crippen molar-refractivity contribution >= 4 is 11.6 Å². The molecule has 1 aliphatic heterocycles. The number of hydrazine groups is 1. The molecule has 2 unspecified atom stereocenters. The van der Waals surface area contributed by atoms with Crippen molar-refractivity contribution in [3.63, 3.8) is 0 Å². The highest BCUT2D eigenvalue weighted by Gasteiger charge is 2.28. The van der Waals surface area contributed by atoms with Gasteiger partial charge in [-0.1, -0.05) is 20.8 Å². The third-order valence-corrected chi connectivity index (χ3v) is 3.53. The van der Waals surface area contributed by atoms with Gasteiger partial charge >= 0.3 is 0 Å². The lowest BCUT2D eigenvalue weighted by Crippen LogP contribution is -2.50. The van der Waals surface area contributed by atoms with Crippen molar-refractivity contribution in [1.29, 1.82) is 0 Å². The van der Waals surface area contributed by atoms with Gasteiger partial charge in [-0.15, -0.1) is 0 Å². The zero-order valence-electron chi connectivity index (χ0n) is 13.1. The van der Waals surface area contributed by atoms with Crippen LogP contribution in [0.3, 0.4) is 0 Å². The number of rotatable bonds is 3. The molecule has 1 fully saturated rings. The monoisotopic (exact) mass is 295 g/mol. The summed E-state index contributed by atoms with van der Waals surface area (Å²) in [7, 11) is 0. The van der Waals surface area contributed by atoms with Crippen molar-refractivity contribution in [3.8, 4) is 0 Å². The summed E-state index contributed by atoms with van der Waals surface area (Å²) < 4.78 is 5.57. The number of nitrogens with two attached hydrogens (primary N) is 1. The molecule has 0 spiro atoms. The smallest absolute Gasteiger partial charge is 0.145 e. The Balaban J connectivity index is 2.37. The minimum absolute atomic E-state index is 0.00241. The Morgan fingerprint density at radius 2 is 2.19 bits per heavy atom. The van der Waals surface area contributed by atoms with Crippen LogP contribution >= 0.6 is 0 Å². The van der Waals surface area contributed by atoms with Gasteiger partial charge in [0.05, 0.1) is 25.4 Å². The van der Waals surface area contributed by atoms with E-state index in [-0.39, 0.29) is 24.2 Å². The first-order valence-electron chi connectivity index (χ1n) is 7.20. The SMILES string of the molecule is CC1COC(CO)CN1c1cc(NN)nc(C(C)(C)C)n1. The fraction of sp³-hybridized carbons (Fsp3) is 0.714. The second-order valence-electron chi connectivity index (χ2n) is 6.47. The Morgan fingerprint density at radius 3 is 2.76 bits per heavy atom. The zero-order valence-corrected chi connectivity index (χ0v) is 13.1. The van der Waals surface area contributed by atoms with Crippen molar-refractivity contribution in [3.05, 3.63) is 11.9 Å². The first-order valence-corrected chi connectivity index (χ1v) is 7.20. The number of nitrogens with one attached hydrogen (secondary N) is 1. The van der Waals surface area contributed by atoms with Crippen LogP contribution in [0.2, 0.25) is 0 Å². The van der Waals surface area contributed by atoms with Crippen LogP contribution in [-0.2, 0) is 10.2 Å². The number of hydrogen-bond acceptors (Lipinski definition) is 7. The molecule has 2 atom stereocenters. The van der Waals surface area contributed by atoms with E-state index in [2.05, 4.69) is 48.0 Å². The summed E-state index contributed by atoms with van der Waals surface area (Å²) in [5.41, 5.74) is 2.43. The van der Waals surface area contributed by atoms with Crippen LogP contribution in [-0.4, -0.2) is 47.0 Å². The molecule has 7 heteroatoms. The normalized spacial score (nSPS) is 23.2. The van der Waals surface area contributed by atoms with Gasteiger partial charge in [0, 0.05) is 18.0 Å². The van der Waals surface area contributed by atoms with Gasteiger partial charge in [0.25, 0.3) is 0 Å². The van der Waals surface area contributed by atoms with Gasteiger partial charge in [0.1, 0.15) is 17.5 Å². The maximum absolute atomic E-state index is 9.31. The minimum Gasteiger partial charge on any atom is -0.394 e. The topological polar surface area (TPSA) is 96.5 Å². The molecule has 4 N–H and O–H groups in total. The quantitative estimate of drug-likeness (QED) is 0.556. The van der Waals surface area contributed by atoms with E-state index in [1.807, 2.05) is 6.07 Å². The number of nitrogens with zero attached hydrogens (tertiary/aromatic N) is 3. The largest absolute Gasteiger partial charge is 0.394 e. The van der Waals surface area contributed by atoms with E-state index in [1.165, 1.54) is 0 Å². The molecule has 1 saturated heterocycles. The molecule has 0 radical (unpaired) electrons. The highest BCUT2D eigenvalue weighted by atomic mass is 16.5. The Morgan fingerprint density at radius 1 is 1.48 bits per heavy atom. The van der Waals surface area contributed by atoms with Gasteiger partial charge in [0.2, 0.25) is 0 Å². The number of morpholine rings is 1. The second kappa shape index (κ2) is 6.13. The highest BCUT2D eigenvalue weighted by molar-refractivity contribution is 5.50. The maximum atomic E-state index is 9.31. The number of aromatic nitrogens is 2. The molecule has 0 saturated carbocycles. The van der Waals surface area contributed by atoms with Gasteiger partial charge in [-0.05, 0) is 6.92 Å². The van der Waals surface area contributed by atoms with E-state index in [0.717, 1.165) is 11.6 Å². The predicted octanol–water partition coefficient (Wildman–Crippen LogP) is 0.646. The number of aliphatic hydroxyl groups is 1. The number of hydrogen-bond donors (Lipinski definition) is 3. The van der Waals surface area contributed by atoms with Crippen molar-refractivity contribution in [2.45, 2.75) is 45.3 Å². The molecule has 2 rings (SSSR count). The minimum atomic E-state index is -0.191. The average molecular weight is 295 g/mol. The molecule has 1 aliphatic rings. The van der Waals surface area contributed by atoms with Crippen LogP contribution in [0.25, 0.3) is 0 Å². The van der Waals surface area contributed by atoms with E-state index in [9.17, 15) is 5.11 Å². The van der Waals surface area contributed by atoms with E-state index in [1.54, 1.807) is 0 Å². The summed E-state index contributed by atoms with van der Waals surface area (Å²) in [4.78, 5) is 11.2. The van der Waals surface area contributed by atoms with Crippen LogP contribution < -0.4 is 16.2 Å². The molecular weight excluding hydrogens is 270 g/mol. The average Bonchev–Trinajstić information content (AvgIpc) is 2.46. The number of ether oxygens (including phenoxy) is 1. The summed E-state index contributed by atoms with van der Waals surface area (Å²) in [6.45, 7) is 9.42. The van der Waals surface area contributed by atoms with Crippen LogP contribution in [0.4, 0.5) is 11.6 Å². The van der Waals surface area contributed by atoms with Gasteiger partial charge in [-0.2, -0.15) is 0 Å². The maximum Gasteiger partial charge on any atom is 0.145 e. The fourth-order valence-corrected chi connectivity index (χ4v) is 2.24. The molecule has 21 heavy (non-hydrogen) atoms. The van der Waals surface area contributed by atoms with Crippen molar-refractivity contribution < 1.29 is 9.84 Å². The van der Waals surface area contributed by atoms with Gasteiger partial charge in [-0.25, -0.2) is 15.8 Å². The third kappa shape index (κ3) is 3.61. The molecule has 7 nitrogen and oxygen atoms in total. The fourth-order valence-electron chi connectivity index (χ4n) is 2.24. The molecular formula is C14H25N5O2. The van der Waals surface area contributed by atoms with Crippen LogP contribution in [0.5, 0.6) is 0 Å². The van der Waals surface area contributed by atoms with Gasteiger partial charge in [0.15, 0.2) is 0 Å². The Bertz CT molecular complexity index is 489. The van der Waals surface area contributed by atoms with Crippen LogP contribution in [0, 0.1) is 0 Å². The standard InChI is InChI=1S/C14H25N5O2/c1-9-8-21-10(7-20)6-19(9)12-5-11(18-15)16-13(17-12)14(2,3)4/h5,9-10,20H,6-8,15H2,1-4H3,(H,16,17,18). The molecule has 0 aromatic carbocycles. The van der Waals surface area contributed by atoms with Crippen molar-refractivity contribution in [1.82, 2.24) is 9.97 Å². The van der Waals surface area contributed by atoms with Crippen LogP contribution in [0.15, 0.2) is 6.07 Å². The third-order valence-electron chi connectivity index (χ3n) is 3.53. The van der Waals surface area contributed by atoms with Gasteiger partial charge < -0.3 is 20.2 Å². The molecule has 1 aromatic rings. The summed E-state index contributed by atoms with van der Waals surface area (Å²) in [6.07, 6.45) is -0.191. The number of anilines is 2. The molecule has 0 bridgehead atoms. The van der Waals surface area contributed by atoms with Crippen molar-refractivity contribution in [2.24, 2.45) is 5.84 Å². The first-order chi connectivity index (χ1) is 9.85. The van der Waals surface area contributed by atoms with Crippen molar-refractivity contribution in [2.75, 3.05) is 30.1 Å². The van der Waals surface area contributed by atoms with E-state index < -0.39 is 0 Å². The van der Waals surface area contributed by atoms with E-state index in [4.69, 9.17) is 10.6 Å². The Hall–Kier alpha value is -1.44. The van der Waals surface area contributed by atoms with Crippen LogP contribution in [0.1, 0.15) is 33.5 Å². The second-order valence-corrected chi connectivity index (χ2v) is 6.47. The molecule has 2 heterocycles. The molecule has 118 valence electrons. The lowest BCUT2D eigenvalue weighted by Gasteiger charge is -2.38.